The standard InChI is InChI=1S/C28H25FN4O2/c1-16-12-17(2)26-22(13-16)23(14-24(30-26)25-6-5-11-35-25)28(34)31-27-18(3)32-33(19(27)4)15-20-7-9-21(29)10-8-20/h5-14H,15H2,1-4H3,(H,31,34). The molecule has 176 valence electrons. The number of aromatic nitrogens is 3. The van der Waals surface area contributed by atoms with E-state index in [0.717, 1.165) is 33.3 Å². The van der Waals surface area contributed by atoms with Crippen LogP contribution in [0.2, 0.25) is 0 Å². The lowest BCUT2D eigenvalue weighted by molar-refractivity contribution is 0.102. The summed E-state index contributed by atoms with van der Waals surface area (Å²) in [6.45, 7) is 8.23. The molecule has 1 N–H and O–H groups in total. The second-order valence-corrected chi connectivity index (χ2v) is 8.79. The van der Waals surface area contributed by atoms with E-state index in [-0.39, 0.29) is 11.7 Å². The number of carbonyl (C=O) groups is 1. The van der Waals surface area contributed by atoms with Crippen LogP contribution in [0.25, 0.3) is 22.4 Å². The first-order valence-electron chi connectivity index (χ1n) is 11.4. The van der Waals surface area contributed by atoms with Crippen LogP contribution in [0.15, 0.2) is 65.3 Å². The minimum atomic E-state index is -0.279. The Hall–Kier alpha value is -4.26. The lowest BCUT2D eigenvalue weighted by Crippen LogP contribution is -2.15. The fraction of sp³-hybridized carbons (Fsp3) is 0.179. The molecule has 5 aromatic rings. The van der Waals surface area contributed by atoms with Gasteiger partial charge in [-0.1, -0.05) is 23.8 Å². The molecule has 0 aliphatic heterocycles. The van der Waals surface area contributed by atoms with Crippen LogP contribution in [-0.2, 0) is 6.54 Å². The smallest absolute Gasteiger partial charge is 0.256 e. The Morgan fingerprint density at radius 3 is 2.54 bits per heavy atom. The van der Waals surface area contributed by atoms with Crippen molar-refractivity contribution in [3.05, 3.63) is 100 Å². The number of benzene rings is 2. The summed E-state index contributed by atoms with van der Waals surface area (Å²) in [5.41, 5.74) is 7.01. The summed E-state index contributed by atoms with van der Waals surface area (Å²) in [6.07, 6.45) is 1.59. The lowest BCUT2D eigenvalue weighted by Gasteiger charge is -2.12. The molecule has 0 aliphatic rings. The molecule has 0 spiro atoms. The number of anilines is 1. The third kappa shape index (κ3) is 4.33. The maximum Gasteiger partial charge on any atom is 0.256 e. The minimum Gasteiger partial charge on any atom is -0.463 e. The Kier molecular flexibility index (Phi) is 5.68. The molecule has 0 radical (unpaired) electrons. The van der Waals surface area contributed by atoms with Crippen molar-refractivity contribution in [3.8, 4) is 11.5 Å². The molecule has 0 atom stereocenters. The van der Waals surface area contributed by atoms with Crippen LogP contribution >= 0.6 is 0 Å². The quantitative estimate of drug-likeness (QED) is 0.326. The Labute approximate surface area is 202 Å². The number of hydrogen-bond donors (Lipinski definition) is 1. The van der Waals surface area contributed by atoms with E-state index in [4.69, 9.17) is 9.40 Å². The van der Waals surface area contributed by atoms with Gasteiger partial charge in [-0.2, -0.15) is 5.10 Å². The molecule has 2 aromatic carbocycles. The molecule has 3 aromatic heterocycles. The highest BCUT2D eigenvalue weighted by Crippen LogP contribution is 2.30. The number of pyridine rings is 1. The third-order valence-electron chi connectivity index (χ3n) is 6.13. The van der Waals surface area contributed by atoms with Gasteiger partial charge >= 0.3 is 0 Å². The predicted octanol–water partition coefficient (Wildman–Crippen LogP) is 6.36. The average Bonchev–Trinajstić information content (AvgIpc) is 3.45. The molecule has 0 unspecified atom stereocenters. The molecule has 3 heterocycles. The predicted molar refractivity (Wildman–Crippen MR) is 134 cm³/mol. The SMILES string of the molecule is Cc1cc(C)c2nc(-c3ccco3)cc(C(=O)Nc3c(C)nn(Cc4ccc(F)cc4)c3C)c2c1. The van der Waals surface area contributed by atoms with Crippen LogP contribution in [0.4, 0.5) is 10.1 Å². The van der Waals surface area contributed by atoms with Crippen LogP contribution in [0.1, 0.15) is 38.4 Å². The number of rotatable bonds is 5. The molecule has 0 aliphatic carbocycles. The van der Waals surface area contributed by atoms with Gasteiger partial charge in [0.25, 0.3) is 5.91 Å². The third-order valence-corrected chi connectivity index (χ3v) is 6.13. The summed E-state index contributed by atoms with van der Waals surface area (Å²) in [5, 5.41) is 8.46. The highest BCUT2D eigenvalue weighted by molar-refractivity contribution is 6.13. The normalized spacial score (nSPS) is 11.2. The zero-order valence-electron chi connectivity index (χ0n) is 20.0. The fourth-order valence-electron chi connectivity index (χ4n) is 4.39. The van der Waals surface area contributed by atoms with Gasteiger partial charge in [-0.3, -0.25) is 9.48 Å². The zero-order chi connectivity index (χ0) is 24.7. The van der Waals surface area contributed by atoms with E-state index in [0.29, 0.717) is 34.9 Å². The van der Waals surface area contributed by atoms with E-state index < -0.39 is 0 Å². The number of furan rings is 1. The number of carbonyl (C=O) groups excluding carboxylic acids is 1. The Morgan fingerprint density at radius 2 is 1.83 bits per heavy atom. The molecule has 6 nitrogen and oxygen atoms in total. The van der Waals surface area contributed by atoms with Gasteiger partial charge in [0.2, 0.25) is 0 Å². The topological polar surface area (TPSA) is 73.0 Å². The molecule has 7 heteroatoms. The molecular formula is C28H25FN4O2. The Balaban J connectivity index is 1.53. The Bertz CT molecular complexity index is 1550. The number of amides is 1. The molecule has 0 fully saturated rings. The summed E-state index contributed by atoms with van der Waals surface area (Å²) in [4.78, 5) is 18.4. The first-order chi connectivity index (χ1) is 16.8. The van der Waals surface area contributed by atoms with E-state index in [1.807, 2.05) is 44.5 Å². The van der Waals surface area contributed by atoms with Crippen LogP contribution in [-0.4, -0.2) is 20.7 Å². The second-order valence-electron chi connectivity index (χ2n) is 8.79. The van der Waals surface area contributed by atoms with Crippen LogP contribution in [0.3, 0.4) is 0 Å². The first-order valence-corrected chi connectivity index (χ1v) is 11.4. The molecular weight excluding hydrogens is 443 g/mol. The van der Waals surface area contributed by atoms with Crippen molar-refractivity contribution in [1.82, 2.24) is 14.8 Å². The van der Waals surface area contributed by atoms with Gasteiger partial charge in [0.15, 0.2) is 5.76 Å². The van der Waals surface area contributed by atoms with Gasteiger partial charge in [0, 0.05) is 5.39 Å². The van der Waals surface area contributed by atoms with E-state index in [2.05, 4.69) is 16.5 Å². The van der Waals surface area contributed by atoms with E-state index in [1.165, 1.54) is 12.1 Å². The van der Waals surface area contributed by atoms with Crippen molar-refractivity contribution in [2.75, 3.05) is 5.32 Å². The lowest BCUT2D eigenvalue weighted by atomic mass is 10.0. The summed E-state index contributed by atoms with van der Waals surface area (Å²) in [5.74, 6) is 0.0715. The van der Waals surface area contributed by atoms with Gasteiger partial charge in [-0.15, -0.1) is 0 Å². The zero-order valence-corrected chi connectivity index (χ0v) is 20.0. The van der Waals surface area contributed by atoms with E-state index >= 15 is 0 Å². The molecule has 5 rings (SSSR count). The summed E-state index contributed by atoms with van der Waals surface area (Å²) < 4.78 is 20.6. The van der Waals surface area contributed by atoms with Crippen molar-refractivity contribution in [2.45, 2.75) is 34.2 Å². The number of nitrogens with zero attached hydrogens (tertiary/aromatic N) is 3. The van der Waals surface area contributed by atoms with Gasteiger partial charge in [-0.05, 0) is 75.2 Å². The van der Waals surface area contributed by atoms with Gasteiger partial charge in [-0.25, -0.2) is 9.37 Å². The molecule has 1 amide bonds. The van der Waals surface area contributed by atoms with Crippen LogP contribution in [0.5, 0.6) is 0 Å². The molecule has 35 heavy (non-hydrogen) atoms. The van der Waals surface area contributed by atoms with Crippen LogP contribution < -0.4 is 5.32 Å². The number of aryl methyl sites for hydroxylation is 3. The van der Waals surface area contributed by atoms with Crippen molar-refractivity contribution in [2.24, 2.45) is 0 Å². The van der Waals surface area contributed by atoms with Gasteiger partial charge in [0.1, 0.15) is 11.5 Å². The van der Waals surface area contributed by atoms with Gasteiger partial charge < -0.3 is 9.73 Å². The second kappa shape index (κ2) is 8.83. The van der Waals surface area contributed by atoms with E-state index in [9.17, 15) is 9.18 Å². The molecule has 0 saturated carbocycles. The summed E-state index contributed by atoms with van der Waals surface area (Å²) in [6, 6.07) is 15.7. The maximum absolute atomic E-state index is 13.6. The van der Waals surface area contributed by atoms with Crippen molar-refractivity contribution in [3.63, 3.8) is 0 Å². The number of nitrogens with one attached hydrogen (secondary N) is 1. The number of fused-ring (bicyclic) bond motifs is 1. The highest BCUT2D eigenvalue weighted by Gasteiger charge is 2.20. The molecule has 0 bridgehead atoms. The monoisotopic (exact) mass is 468 g/mol. The average molecular weight is 469 g/mol. The summed E-state index contributed by atoms with van der Waals surface area (Å²) >= 11 is 0. The van der Waals surface area contributed by atoms with Crippen LogP contribution in [0, 0.1) is 33.5 Å². The number of hydrogen-bond acceptors (Lipinski definition) is 4. The summed E-state index contributed by atoms with van der Waals surface area (Å²) in [7, 11) is 0. The first kappa shape index (κ1) is 22.5. The number of halogens is 1. The maximum atomic E-state index is 13.6. The largest absolute Gasteiger partial charge is 0.463 e. The Morgan fingerprint density at radius 1 is 1.06 bits per heavy atom. The van der Waals surface area contributed by atoms with Crippen molar-refractivity contribution in [1.29, 1.82) is 0 Å². The highest BCUT2D eigenvalue weighted by atomic mass is 19.1. The van der Waals surface area contributed by atoms with Crippen molar-refractivity contribution < 1.29 is 13.6 Å². The fourth-order valence-corrected chi connectivity index (χ4v) is 4.39. The van der Waals surface area contributed by atoms with E-state index in [1.54, 1.807) is 30.5 Å². The molecule has 0 saturated heterocycles. The minimum absolute atomic E-state index is 0.247. The van der Waals surface area contributed by atoms with Crippen molar-refractivity contribution >= 4 is 22.5 Å². The van der Waals surface area contributed by atoms with Gasteiger partial charge in [0.05, 0.1) is 41.0 Å².